The van der Waals surface area contributed by atoms with Crippen LogP contribution in [0.2, 0.25) is 0 Å². The molecule has 19 heavy (non-hydrogen) atoms. The van der Waals surface area contributed by atoms with Crippen LogP contribution < -0.4 is 5.32 Å². The zero-order valence-electron chi connectivity index (χ0n) is 10.8. The molecule has 1 aromatic rings. The molecule has 0 spiro atoms. The molecule has 1 fully saturated rings. The van der Waals surface area contributed by atoms with Crippen LogP contribution >= 0.6 is 0 Å². The minimum atomic E-state index is -4.17. The lowest BCUT2D eigenvalue weighted by atomic mass is 10.3. The molecule has 0 atom stereocenters. The highest BCUT2D eigenvalue weighted by Crippen LogP contribution is 2.31. The highest BCUT2D eigenvalue weighted by Gasteiger charge is 2.38. The van der Waals surface area contributed by atoms with Gasteiger partial charge in [0, 0.05) is 18.7 Å². The smallest absolute Gasteiger partial charge is 0.360 e. The highest BCUT2D eigenvalue weighted by atomic mass is 19.4. The van der Waals surface area contributed by atoms with Crippen molar-refractivity contribution in [3.63, 3.8) is 0 Å². The number of rotatable bonds is 7. The van der Waals surface area contributed by atoms with Gasteiger partial charge in [-0.15, -0.1) is 0 Å². The fourth-order valence-corrected chi connectivity index (χ4v) is 1.95. The molecule has 0 amide bonds. The van der Waals surface area contributed by atoms with E-state index in [0.29, 0.717) is 12.3 Å². The van der Waals surface area contributed by atoms with Crippen LogP contribution in [-0.2, 0) is 13.1 Å². The Morgan fingerprint density at radius 2 is 2.21 bits per heavy atom. The first-order chi connectivity index (χ1) is 8.98. The predicted molar refractivity (Wildman–Crippen MR) is 63.4 cm³/mol. The Kier molecular flexibility index (Phi) is 4.46. The van der Waals surface area contributed by atoms with Gasteiger partial charge >= 0.3 is 6.18 Å². The predicted octanol–water partition coefficient (Wildman–Crippen LogP) is 2.31. The molecule has 4 nitrogen and oxygen atoms in total. The fourth-order valence-electron chi connectivity index (χ4n) is 1.95. The maximum absolute atomic E-state index is 12.5. The zero-order valence-corrected chi connectivity index (χ0v) is 10.8. The van der Waals surface area contributed by atoms with Gasteiger partial charge in [-0.05, 0) is 19.4 Å². The third kappa shape index (κ3) is 4.83. The molecule has 7 heteroatoms. The van der Waals surface area contributed by atoms with Crippen LogP contribution in [0.3, 0.4) is 0 Å². The molecule has 0 radical (unpaired) electrons. The molecule has 2 rings (SSSR count). The molecule has 1 heterocycles. The summed E-state index contributed by atoms with van der Waals surface area (Å²) in [5.74, 6) is 0.490. The van der Waals surface area contributed by atoms with E-state index in [9.17, 15) is 13.2 Å². The Bertz CT molecular complexity index is 401. The van der Waals surface area contributed by atoms with E-state index in [1.54, 1.807) is 6.07 Å². The number of aromatic nitrogens is 1. The zero-order chi connectivity index (χ0) is 13.9. The molecule has 1 aliphatic carbocycles. The Labute approximate surface area is 109 Å². The quantitative estimate of drug-likeness (QED) is 0.830. The van der Waals surface area contributed by atoms with Gasteiger partial charge in [-0.25, -0.2) is 0 Å². The van der Waals surface area contributed by atoms with Gasteiger partial charge in [-0.3, -0.25) is 4.90 Å². The van der Waals surface area contributed by atoms with Crippen molar-refractivity contribution in [2.45, 2.75) is 45.1 Å². The lowest BCUT2D eigenvalue weighted by Gasteiger charge is -2.21. The van der Waals surface area contributed by atoms with Crippen LogP contribution in [0, 0.1) is 0 Å². The Morgan fingerprint density at radius 3 is 2.79 bits per heavy atom. The first-order valence-corrected chi connectivity index (χ1v) is 6.44. The molecule has 0 unspecified atom stereocenters. The van der Waals surface area contributed by atoms with Crippen molar-refractivity contribution < 1.29 is 17.7 Å². The second kappa shape index (κ2) is 5.92. The number of alkyl halides is 3. The number of nitrogens with zero attached hydrogens (tertiary/aromatic N) is 2. The molecule has 0 saturated heterocycles. The molecular formula is C12H18F3N3O. The maximum atomic E-state index is 12.5. The molecule has 1 aliphatic rings. The normalized spacial score (nSPS) is 16.3. The van der Waals surface area contributed by atoms with Gasteiger partial charge in [0.05, 0.1) is 18.8 Å². The highest BCUT2D eigenvalue weighted by molar-refractivity contribution is 5.06. The van der Waals surface area contributed by atoms with E-state index in [1.165, 1.54) is 4.90 Å². The van der Waals surface area contributed by atoms with Gasteiger partial charge in [-0.1, -0.05) is 12.1 Å². The summed E-state index contributed by atoms with van der Waals surface area (Å²) in [7, 11) is 0. The van der Waals surface area contributed by atoms with Crippen molar-refractivity contribution in [3.8, 4) is 0 Å². The van der Waals surface area contributed by atoms with E-state index >= 15 is 0 Å². The van der Waals surface area contributed by atoms with Crippen LogP contribution in [-0.4, -0.2) is 35.4 Å². The lowest BCUT2D eigenvalue weighted by molar-refractivity contribution is -0.149. The summed E-state index contributed by atoms with van der Waals surface area (Å²) >= 11 is 0. The van der Waals surface area contributed by atoms with E-state index in [-0.39, 0.29) is 12.6 Å². The van der Waals surface area contributed by atoms with E-state index < -0.39 is 12.7 Å². The van der Waals surface area contributed by atoms with E-state index in [4.69, 9.17) is 4.52 Å². The van der Waals surface area contributed by atoms with Crippen LogP contribution in [0.15, 0.2) is 10.6 Å². The van der Waals surface area contributed by atoms with Crippen LogP contribution in [0.5, 0.6) is 0 Å². The lowest BCUT2D eigenvalue weighted by Crippen LogP contribution is -2.35. The van der Waals surface area contributed by atoms with Gasteiger partial charge in [0.25, 0.3) is 0 Å². The second-order valence-electron chi connectivity index (χ2n) is 4.82. The largest absolute Gasteiger partial charge is 0.401 e. The van der Waals surface area contributed by atoms with Crippen molar-refractivity contribution in [2.24, 2.45) is 0 Å². The van der Waals surface area contributed by atoms with Crippen molar-refractivity contribution in [1.29, 1.82) is 0 Å². The van der Waals surface area contributed by atoms with Gasteiger partial charge in [0.2, 0.25) is 0 Å². The number of nitrogens with one attached hydrogen (secondary N) is 1. The summed E-state index contributed by atoms with van der Waals surface area (Å²) in [5.41, 5.74) is 0.722. The minimum Gasteiger partial charge on any atom is -0.360 e. The summed E-state index contributed by atoms with van der Waals surface area (Å²) in [4.78, 5) is 1.41. The Morgan fingerprint density at radius 1 is 1.47 bits per heavy atom. The maximum Gasteiger partial charge on any atom is 0.401 e. The van der Waals surface area contributed by atoms with Crippen LogP contribution in [0.4, 0.5) is 13.2 Å². The standard InChI is InChI=1S/C12H18F3N3O/c1-2-16-6-9-5-11(19-17-9)7-18(10-3-4-10)8-12(13,14)15/h5,10,16H,2-4,6-8H2,1H3. The van der Waals surface area contributed by atoms with E-state index in [0.717, 1.165) is 25.1 Å². The molecule has 1 aromatic heterocycles. The first-order valence-electron chi connectivity index (χ1n) is 6.44. The van der Waals surface area contributed by atoms with Gasteiger partial charge in [-0.2, -0.15) is 13.2 Å². The third-order valence-corrected chi connectivity index (χ3v) is 2.97. The van der Waals surface area contributed by atoms with Crippen molar-refractivity contribution in [3.05, 3.63) is 17.5 Å². The summed E-state index contributed by atoms with van der Waals surface area (Å²) in [5, 5.41) is 6.93. The minimum absolute atomic E-state index is 0.0314. The summed E-state index contributed by atoms with van der Waals surface area (Å²) in [6, 6.07) is 1.75. The average Bonchev–Trinajstić information content (AvgIpc) is 3.07. The molecular weight excluding hydrogens is 259 g/mol. The Balaban J connectivity index is 1.91. The van der Waals surface area contributed by atoms with Crippen molar-refractivity contribution in [1.82, 2.24) is 15.4 Å². The number of hydrogen-bond donors (Lipinski definition) is 1. The fraction of sp³-hybridized carbons (Fsp3) is 0.750. The Hall–Kier alpha value is -1.08. The van der Waals surface area contributed by atoms with E-state index in [2.05, 4.69) is 10.5 Å². The molecule has 1 N–H and O–H groups in total. The van der Waals surface area contributed by atoms with Crippen molar-refractivity contribution >= 4 is 0 Å². The second-order valence-corrected chi connectivity index (χ2v) is 4.82. The van der Waals surface area contributed by atoms with Crippen LogP contribution in [0.1, 0.15) is 31.2 Å². The summed E-state index contributed by atoms with van der Waals surface area (Å²) in [6.45, 7) is 2.64. The number of hydrogen-bond acceptors (Lipinski definition) is 4. The van der Waals surface area contributed by atoms with Gasteiger partial charge in [0.15, 0.2) is 5.76 Å². The van der Waals surface area contributed by atoms with Crippen LogP contribution in [0.25, 0.3) is 0 Å². The SMILES string of the molecule is CCNCc1cc(CN(CC(F)(F)F)C2CC2)on1. The first kappa shape index (κ1) is 14.3. The average molecular weight is 277 g/mol. The molecule has 0 aromatic carbocycles. The summed E-state index contributed by atoms with van der Waals surface area (Å²) in [6.07, 6.45) is -2.52. The van der Waals surface area contributed by atoms with E-state index in [1.807, 2.05) is 6.92 Å². The summed E-state index contributed by atoms with van der Waals surface area (Å²) < 4.78 is 42.5. The third-order valence-electron chi connectivity index (χ3n) is 2.97. The topological polar surface area (TPSA) is 41.3 Å². The van der Waals surface area contributed by atoms with Crippen molar-refractivity contribution in [2.75, 3.05) is 13.1 Å². The molecule has 1 saturated carbocycles. The van der Waals surface area contributed by atoms with Gasteiger partial charge < -0.3 is 9.84 Å². The molecule has 0 bridgehead atoms. The number of halogens is 3. The van der Waals surface area contributed by atoms with Gasteiger partial charge in [0.1, 0.15) is 0 Å². The monoisotopic (exact) mass is 277 g/mol. The molecule has 0 aliphatic heterocycles. The molecule has 108 valence electrons.